The average molecular weight is 524 g/mol. The molecule has 38 heavy (non-hydrogen) atoms. The molecule has 190 valence electrons. The van der Waals surface area contributed by atoms with Gasteiger partial charge < -0.3 is 9.47 Å². The lowest BCUT2D eigenvalue weighted by atomic mass is 9.93. The summed E-state index contributed by atoms with van der Waals surface area (Å²) in [5.74, 6) is -0.143. The largest absolute Gasteiger partial charge is 0.481 e. The van der Waals surface area contributed by atoms with Gasteiger partial charge >= 0.3 is 5.97 Å². The topological polar surface area (TPSA) is 35.5 Å². The number of aryl methyl sites for hydroxylation is 2. The second kappa shape index (κ2) is 9.73. The van der Waals surface area contributed by atoms with Crippen LogP contribution in [0.5, 0.6) is 5.75 Å². The molecule has 0 saturated carbocycles. The third-order valence-corrected chi connectivity index (χ3v) is 9.49. The van der Waals surface area contributed by atoms with Gasteiger partial charge in [0, 0.05) is 38.9 Å². The second-order valence-electron chi connectivity index (χ2n) is 9.79. The third-order valence-electron chi connectivity index (χ3n) is 7.19. The minimum atomic E-state index is -0.957. The molecule has 0 N–H and O–H groups in total. The van der Waals surface area contributed by atoms with E-state index in [1.54, 1.807) is 12.1 Å². The first kappa shape index (κ1) is 24.4. The predicted molar refractivity (Wildman–Crippen MR) is 153 cm³/mol. The van der Waals surface area contributed by atoms with Crippen molar-refractivity contribution in [1.82, 2.24) is 0 Å². The molecule has 0 saturated heterocycles. The number of fused-ring (bicyclic) bond motifs is 3. The maximum atomic E-state index is 13.9. The van der Waals surface area contributed by atoms with E-state index in [-0.39, 0.29) is 22.9 Å². The van der Waals surface area contributed by atoms with Gasteiger partial charge in [0.15, 0.2) is 26.5 Å². The number of halogens is 1. The number of carbonyl (C=O) groups excluding carboxylic acids is 1. The summed E-state index contributed by atoms with van der Waals surface area (Å²) in [6, 6.07) is 27.8. The first-order valence-corrected chi connectivity index (χ1v) is 14.0. The molecule has 1 atom stereocenters. The molecule has 3 nitrogen and oxygen atoms in total. The van der Waals surface area contributed by atoms with Gasteiger partial charge in [0.25, 0.3) is 0 Å². The van der Waals surface area contributed by atoms with Crippen molar-refractivity contribution in [1.29, 1.82) is 0 Å². The van der Waals surface area contributed by atoms with Gasteiger partial charge in [-0.15, -0.1) is 0 Å². The molecule has 1 aromatic heterocycles. The highest BCUT2D eigenvalue weighted by Crippen LogP contribution is 2.49. The molecule has 0 bridgehead atoms. The zero-order valence-corrected chi connectivity index (χ0v) is 22.2. The SMILES string of the molecule is Cc1cc(-[s+]2c3ccccc3c3ccccc32)cc(C)c1OCC(=O)OC1(c2cccc(F)c2)C=CCC1. The molecule has 0 aliphatic heterocycles. The molecular formula is C33H28FO3S+. The monoisotopic (exact) mass is 523 g/mol. The number of hydrogen-bond donors (Lipinski definition) is 0. The number of hydrogen-bond acceptors (Lipinski definition) is 3. The van der Waals surface area contributed by atoms with Gasteiger partial charge in [-0.3, -0.25) is 0 Å². The van der Waals surface area contributed by atoms with Gasteiger partial charge in [-0.2, -0.15) is 0 Å². The Morgan fingerprint density at radius 1 is 0.895 bits per heavy atom. The van der Waals surface area contributed by atoms with E-state index in [9.17, 15) is 9.18 Å². The first-order chi connectivity index (χ1) is 18.4. The van der Waals surface area contributed by atoms with E-state index in [1.807, 2.05) is 26.0 Å². The maximum absolute atomic E-state index is 13.9. The maximum Gasteiger partial charge on any atom is 0.345 e. The zero-order valence-electron chi connectivity index (χ0n) is 21.4. The van der Waals surface area contributed by atoms with Gasteiger partial charge in [-0.25, -0.2) is 9.18 Å². The van der Waals surface area contributed by atoms with Crippen molar-refractivity contribution in [3.05, 3.63) is 120 Å². The van der Waals surface area contributed by atoms with Crippen LogP contribution in [0, 0.1) is 19.7 Å². The van der Waals surface area contributed by atoms with Crippen molar-refractivity contribution in [2.75, 3.05) is 6.61 Å². The standard InChI is InChI=1S/C33H28FO3S/c1-22-18-26(38-29-14-5-3-12-27(29)28-13-4-6-15-30(28)38)19-23(2)32(22)36-21-31(35)37-33(16-7-8-17-33)24-10-9-11-25(34)20-24/h3-7,9-16,18-20H,8,17,21H2,1-2H3/q+1. The number of ether oxygens (including phenoxy) is 2. The molecule has 1 aliphatic carbocycles. The van der Waals surface area contributed by atoms with Crippen LogP contribution in [0.3, 0.4) is 0 Å². The number of allylic oxidation sites excluding steroid dienone is 1. The highest BCUT2D eigenvalue weighted by Gasteiger charge is 2.36. The van der Waals surface area contributed by atoms with E-state index in [0.717, 1.165) is 17.5 Å². The minimum absolute atomic E-state index is 0.200. The lowest BCUT2D eigenvalue weighted by Crippen LogP contribution is -2.31. The van der Waals surface area contributed by atoms with Crippen LogP contribution in [-0.4, -0.2) is 12.6 Å². The van der Waals surface area contributed by atoms with Crippen molar-refractivity contribution in [3.8, 4) is 10.6 Å². The van der Waals surface area contributed by atoms with E-state index >= 15 is 0 Å². The molecule has 6 rings (SSSR count). The molecule has 0 spiro atoms. The Labute approximate surface area is 224 Å². The highest BCUT2D eigenvalue weighted by molar-refractivity contribution is 7.50. The minimum Gasteiger partial charge on any atom is -0.481 e. The molecule has 0 amide bonds. The smallest absolute Gasteiger partial charge is 0.345 e. The van der Waals surface area contributed by atoms with Crippen LogP contribution < -0.4 is 4.74 Å². The summed E-state index contributed by atoms with van der Waals surface area (Å²) >= 11 is 0. The molecule has 4 aromatic carbocycles. The predicted octanol–water partition coefficient (Wildman–Crippen LogP) is 8.65. The van der Waals surface area contributed by atoms with Crippen molar-refractivity contribution in [3.63, 3.8) is 0 Å². The van der Waals surface area contributed by atoms with E-state index in [4.69, 9.17) is 9.47 Å². The van der Waals surface area contributed by atoms with E-state index in [1.165, 1.54) is 37.2 Å². The Morgan fingerprint density at radius 3 is 2.16 bits per heavy atom. The van der Waals surface area contributed by atoms with E-state index in [0.29, 0.717) is 17.7 Å². The van der Waals surface area contributed by atoms with Gasteiger partial charge in [-0.1, -0.05) is 42.5 Å². The van der Waals surface area contributed by atoms with Crippen molar-refractivity contribution >= 4 is 36.6 Å². The molecule has 5 heteroatoms. The molecule has 1 heterocycles. The Hall–Kier alpha value is -3.96. The van der Waals surface area contributed by atoms with Gasteiger partial charge in [-0.05, 0) is 80.3 Å². The number of thiophene rings is 1. The van der Waals surface area contributed by atoms with Crippen molar-refractivity contribution < 1.29 is 18.7 Å². The summed E-state index contributed by atoms with van der Waals surface area (Å²) in [4.78, 5) is 14.2. The average Bonchev–Trinajstić information content (AvgIpc) is 3.51. The highest BCUT2D eigenvalue weighted by atomic mass is 32.2. The van der Waals surface area contributed by atoms with E-state index in [2.05, 4.69) is 60.7 Å². The lowest BCUT2D eigenvalue weighted by Gasteiger charge is -2.28. The van der Waals surface area contributed by atoms with Gasteiger partial charge in [0.1, 0.15) is 11.6 Å². The Kier molecular flexibility index (Phi) is 6.24. The fraction of sp³-hybridized carbons (Fsp3) is 0.182. The number of carbonyl (C=O) groups is 1. The number of esters is 1. The van der Waals surface area contributed by atoms with Crippen LogP contribution in [0.15, 0.2) is 97.1 Å². The van der Waals surface area contributed by atoms with Crippen LogP contribution in [-0.2, 0) is 15.1 Å². The summed E-state index contributed by atoms with van der Waals surface area (Å²) in [6.07, 6.45) is 5.16. The molecular weight excluding hydrogens is 495 g/mol. The summed E-state index contributed by atoms with van der Waals surface area (Å²) < 4.78 is 28.5. The Morgan fingerprint density at radius 2 is 1.55 bits per heavy atom. The molecule has 1 unspecified atom stereocenters. The molecule has 1 aliphatic rings. The normalized spacial score (nSPS) is 16.8. The second-order valence-corrected chi connectivity index (χ2v) is 11.8. The van der Waals surface area contributed by atoms with Crippen LogP contribution in [0.25, 0.3) is 25.1 Å². The Balaban J connectivity index is 1.26. The molecule has 0 fully saturated rings. The molecule has 5 aromatic rings. The lowest BCUT2D eigenvalue weighted by molar-refractivity contribution is -0.158. The van der Waals surface area contributed by atoms with Crippen LogP contribution in [0.1, 0.15) is 29.5 Å². The van der Waals surface area contributed by atoms with Crippen molar-refractivity contribution in [2.45, 2.75) is 32.3 Å². The van der Waals surface area contributed by atoms with Crippen molar-refractivity contribution in [2.24, 2.45) is 0 Å². The summed E-state index contributed by atoms with van der Waals surface area (Å²) in [5.41, 5.74) is 1.63. The fourth-order valence-electron chi connectivity index (χ4n) is 5.52. The first-order valence-electron chi connectivity index (χ1n) is 12.8. The van der Waals surface area contributed by atoms with Gasteiger partial charge in [0.05, 0.1) is 0 Å². The zero-order chi connectivity index (χ0) is 26.3. The number of benzene rings is 4. The third kappa shape index (κ3) is 4.27. The summed E-state index contributed by atoms with van der Waals surface area (Å²) in [6.45, 7) is 3.81. The number of rotatable bonds is 6. The van der Waals surface area contributed by atoms with Crippen LogP contribution in [0.4, 0.5) is 4.39 Å². The van der Waals surface area contributed by atoms with Crippen LogP contribution in [0.2, 0.25) is 0 Å². The summed E-state index contributed by atoms with van der Waals surface area (Å²) in [5, 5.41) is 2.58. The van der Waals surface area contributed by atoms with Gasteiger partial charge in [0.2, 0.25) is 0 Å². The summed E-state index contributed by atoms with van der Waals surface area (Å²) in [7, 11) is -0.200. The molecule has 0 radical (unpaired) electrons. The van der Waals surface area contributed by atoms with E-state index < -0.39 is 11.6 Å². The quantitative estimate of drug-likeness (QED) is 0.127. The van der Waals surface area contributed by atoms with Crippen LogP contribution >= 0.6 is 10.5 Å². The Bertz CT molecular complexity index is 1640. The fourth-order valence-corrected chi connectivity index (χ4v) is 8.08.